The molecule has 0 heterocycles. The summed E-state index contributed by atoms with van der Waals surface area (Å²) in [5.41, 5.74) is 2.49. The molecule has 0 aliphatic carbocycles. The van der Waals surface area contributed by atoms with Crippen LogP contribution in [0.3, 0.4) is 0 Å². The molecule has 0 aromatic heterocycles. The van der Waals surface area contributed by atoms with Crippen LogP contribution in [0.15, 0.2) is 48.0 Å². The molecule has 134 valence electrons. The number of halogens is 1. The summed E-state index contributed by atoms with van der Waals surface area (Å²) in [7, 11) is 0. The van der Waals surface area contributed by atoms with Crippen molar-refractivity contribution >= 4 is 29.3 Å². The van der Waals surface area contributed by atoms with Crippen LogP contribution >= 0.6 is 11.6 Å². The summed E-state index contributed by atoms with van der Waals surface area (Å²) >= 11 is 6.19. The summed E-state index contributed by atoms with van der Waals surface area (Å²) in [4.78, 5) is 12.3. The topological polar surface area (TPSA) is 62.1 Å². The molecule has 0 fully saturated rings. The van der Waals surface area contributed by atoms with Gasteiger partial charge < -0.3 is 10.1 Å². The molecule has 0 saturated heterocycles. The number of benzene rings is 2. The maximum absolute atomic E-state index is 12.3. The molecule has 0 bridgehead atoms. The number of nitriles is 1. The van der Waals surface area contributed by atoms with Crippen LogP contribution in [-0.4, -0.2) is 12.5 Å². The van der Waals surface area contributed by atoms with Crippen molar-refractivity contribution in [3.8, 4) is 11.8 Å². The van der Waals surface area contributed by atoms with Crippen LogP contribution in [0.5, 0.6) is 5.75 Å². The fourth-order valence-corrected chi connectivity index (χ4v) is 2.52. The van der Waals surface area contributed by atoms with E-state index in [2.05, 4.69) is 12.2 Å². The molecule has 0 radical (unpaired) electrons. The van der Waals surface area contributed by atoms with Crippen molar-refractivity contribution in [1.82, 2.24) is 0 Å². The summed E-state index contributed by atoms with van der Waals surface area (Å²) in [6, 6.07) is 14.6. The third-order valence-corrected chi connectivity index (χ3v) is 4.01. The average Bonchev–Trinajstić information content (AvgIpc) is 2.66. The van der Waals surface area contributed by atoms with Gasteiger partial charge in [0.25, 0.3) is 5.91 Å². The molecule has 0 aliphatic heterocycles. The predicted molar refractivity (Wildman–Crippen MR) is 105 cm³/mol. The first-order valence-corrected chi connectivity index (χ1v) is 8.89. The highest BCUT2D eigenvalue weighted by atomic mass is 35.5. The van der Waals surface area contributed by atoms with Crippen LogP contribution in [0.25, 0.3) is 6.08 Å². The van der Waals surface area contributed by atoms with Gasteiger partial charge in [-0.1, -0.05) is 43.6 Å². The zero-order valence-electron chi connectivity index (χ0n) is 14.9. The van der Waals surface area contributed by atoms with Gasteiger partial charge in [0.05, 0.1) is 11.6 Å². The van der Waals surface area contributed by atoms with Gasteiger partial charge in [0, 0.05) is 5.69 Å². The molecule has 2 rings (SSSR count). The number of ether oxygens (including phenoxy) is 1. The lowest BCUT2D eigenvalue weighted by atomic mass is 10.1. The minimum atomic E-state index is -0.459. The third-order valence-electron chi connectivity index (χ3n) is 3.71. The van der Waals surface area contributed by atoms with Gasteiger partial charge in [-0.05, 0) is 54.3 Å². The predicted octanol–water partition coefficient (Wildman–Crippen LogP) is 5.24. The van der Waals surface area contributed by atoms with Gasteiger partial charge in [0.1, 0.15) is 17.4 Å². The number of rotatable bonds is 7. The first kappa shape index (κ1) is 19.6. The first-order chi connectivity index (χ1) is 12.6. The standard InChI is InChI=1S/C21H21ClN2O2/c1-3-11-26-20-10-7-16(13-19(20)22)12-17(14-23)21(25)24-18-8-5-15(4-2)6-9-18/h5-10,12-13H,3-4,11H2,1-2H3,(H,24,25)/b17-12+. The van der Waals surface area contributed by atoms with E-state index in [4.69, 9.17) is 16.3 Å². The molecule has 5 heteroatoms. The summed E-state index contributed by atoms with van der Waals surface area (Å²) in [6.45, 7) is 4.66. The van der Waals surface area contributed by atoms with Crippen molar-refractivity contribution in [2.75, 3.05) is 11.9 Å². The maximum Gasteiger partial charge on any atom is 0.266 e. The SMILES string of the molecule is CCCOc1ccc(/C=C(\C#N)C(=O)Nc2ccc(CC)cc2)cc1Cl. The zero-order chi connectivity index (χ0) is 18.9. The van der Waals surface area contributed by atoms with Crippen LogP contribution in [0, 0.1) is 11.3 Å². The molecule has 4 nitrogen and oxygen atoms in total. The lowest BCUT2D eigenvalue weighted by Gasteiger charge is -2.08. The summed E-state index contributed by atoms with van der Waals surface area (Å²) < 4.78 is 5.52. The Balaban J connectivity index is 2.14. The van der Waals surface area contributed by atoms with Crippen molar-refractivity contribution in [2.45, 2.75) is 26.7 Å². The first-order valence-electron chi connectivity index (χ1n) is 8.51. The van der Waals surface area contributed by atoms with E-state index in [1.165, 1.54) is 11.6 Å². The largest absolute Gasteiger partial charge is 0.492 e. The number of carbonyl (C=O) groups excluding carboxylic acids is 1. The Hall–Kier alpha value is -2.77. The van der Waals surface area contributed by atoms with Crippen molar-refractivity contribution in [3.05, 3.63) is 64.2 Å². The summed E-state index contributed by atoms with van der Waals surface area (Å²) in [5, 5.41) is 12.5. The monoisotopic (exact) mass is 368 g/mol. The number of aryl methyl sites for hydroxylation is 1. The van der Waals surface area contributed by atoms with Gasteiger partial charge in [0.15, 0.2) is 0 Å². The number of hydrogen-bond donors (Lipinski definition) is 1. The maximum atomic E-state index is 12.3. The zero-order valence-corrected chi connectivity index (χ0v) is 15.6. The summed E-state index contributed by atoms with van der Waals surface area (Å²) in [5.74, 6) is 0.129. The fraction of sp³-hybridized carbons (Fsp3) is 0.238. The van der Waals surface area contributed by atoms with Crippen molar-refractivity contribution in [2.24, 2.45) is 0 Å². The van der Waals surface area contributed by atoms with Crippen LogP contribution in [0.1, 0.15) is 31.4 Å². The van der Waals surface area contributed by atoms with Crippen LogP contribution in [-0.2, 0) is 11.2 Å². The number of hydrogen-bond acceptors (Lipinski definition) is 3. The number of carbonyl (C=O) groups is 1. The van der Waals surface area contributed by atoms with E-state index in [-0.39, 0.29) is 5.57 Å². The molecular weight excluding hydrogens is 348 g/mol. The third kappa shape index (κ3) is 5.37. The Bertz CT molecular complexity index is 836. The fourth-order valence-electron chi connectivity index (χ4n) is 2.27. The molecule has 0 spiro atoms. The lowest BCUT2D eigenvalue weighted by molar-refractivity contribution is -0.112. The van der Waals surface area contributed by atoms with Crippen molar-refractivity contribution < 1.29 is 9.53 Å². The van der Waals surface area contributed by atoms with Gasteiger partial charge in [-0.2, -0.15) is 5.26 Å². The molecule has 0 saturated carbocycles. The minimum absolute atomic E-state index is 0.00265. The highest BCUT2D eigenvalue weighted by Gasteiger charge is 2.10. The number of anilines is 1. The Morgan fingerprint density at radius 1 is 1.23 bits per heavy atom. The number of amides is 1. The van der Waals surface area contributed by atoms with Crippen LogP contribution in [0.2, 0.25) is 5.02 Å². The normalized spacial score (nSPS) is 10.9. The average molecular weight is 369 g/mol. The Labute approximate surface area is 159 Å². The molecule has 2 aromatic rings. The summed E-state index contributed by atoms with van der Waals surface area (Å²) in [6.07, 6.45) is 3.32. The Kier molecular flexibility index (Phi) is 7.25. The molecule has 26 heavy (non-hydrogen) atoms. The van der Waals surface area contributed by atoms with Gasteiger partial charge in [-0.3, -0.25) is 4.79 Å². The smallest absolute Gasteiger partial charge is 0.266 e. The quantitative estimate of drug-likeness (QED) is 0.537. The molecule has 1 amide bonds. The van der Waals surface area contributed by atoms with E-state index in [0.717, 1.165) is 12.8 Å². The second-order valence-electron chi connectivity index (χ2n) is 5.71. The second-order valence-corrected chi connectivity index (χ2v) is 6.12. The molecule has 0 aliphatic rings. The molecule has 2 aromatic carbocycles. The van der Waals surface area contributed by atoms with E-state index >= 15 is 0 Å². The van der Waals surface area contributed by atoms with E-state index in [1.807, 2.05) is 37.3 Å². The van der Waals surface area contributed by atoms with Crippen LogP contribution < -0.4 is 10.1 Å². The van der Waals surface area contributed by atoms with E-state index in [1.54, 1.807) is 18.2 Å². The molecule has 0 unspecified atom stereocenters. The van der Waals surface area contributed by atoms with E-state index < -0.39 is 5.91 Å². The molecule has 0 atom stereocenters. The highest BCUT2D eigenvalue weighted by molar-refractivity contribution is 6.32. The Morgan fingerprint density at radius 2 is 1.96 bits per heavy atom. The second kappa shape index (κ2) is 9.65. The van der Waals surface area contributed by atoms with Gasteiger partial charge in [-0.15, -0.1) is 0 Å². The van der Waals surface area contributed by atoms with Crippen molar-refractivity contribution in [1.29, 1.82) is 5.26 Å². The van der Waals surface area contributed by atoms with E-state index in [0.29, 0.717) is 28.6 Å². The minimum Gasteiger partial charge on any atom is -0.492 e. The number of nitrogens with one attached hydrogen (secondary N) is 1. The Morgan fingerprint density at radius 3 is 2.54 bits per heavy atom. The molecular formula is C21H21ClN2O2. The van der Waals surface area contributed by atoms with Gasteiger partial charge >= 0.3 is 0 Å². The van der Waals surface area contributed by atoms with Gasteiger partial charge in [0.2, 0.25) is 0 Å². The van der Waals surface area contributed by atoms with Crippen LogP contribution in [0.4, 0.5) is 5.69 Å². The molecule has 1 N–H and O–H groups in total. The van der Waals surface area contributed by atoms with Gasteiger partial charge in [-0.25, -0.2) is 0 Å². The number of nitrogens with zero attached hydrogens (tertiary/aromatic N) is 1. The lowest BCUT2D eigenvalue weighted by Crippen LogP contribution is -2.13. The van der Waals surface area contributed by atoms with E-state index in [9.17, 15) is 10.1 Å². The highest BCUT2D eigenvalue weighted by Crippen LogP contribution is 2.26. The van der Waals surface area contributed by atoms with Crippen molar-refractivity contribution in [3.63, 3.8) is 0 Å².